The number of hydrogen-bond donors (Lipinski definition) is 1. The number of nitrogen functional groups attached to an aromatic ring is 1. The quantitative estimate of drug-likeness (QED) is 0.645. The van der Waals surface area contributed by atoms with Gasteiger partial charge in [-0.3, -0.25) is 0 Å². The Morgan fingerprint density at radius 3 is 2.76 bits per heavy atom. The van der Waals surface area contributed by atoms with Crippen LogP contribution in [0.15, 0.2) is 42.6 Å². The first kappa shape index (κ1) is 9.84. The van der Waals surface area contributed by atoms with Gasteiger partial charge in [0.15, 0.2) is 5.65 Å². The summed E-state index contributed by atoms with van der Waals surface area (Å²) in [6.45, 7) is 1.98. The highest BCUT2D eigenvalue weighted by atomic mass is 15.3. The lowest BCUT2D eigenvalue weighted by molar-refractivity contribution is 0.906. The van der Waals surface area contributed by atoms with E-state index in [0.29, 0.717) is 0 Å². The summed E-state index contributed by atoms with van der Waals surface area (Å²) in [7, 11) is 0. The fourth-order valence-electron chi connectivity index (χ4n) is 1.86. The predicted molar refractivity (Wildman–Crippen MR) is 67.6 cm³/mol. The summed E-state index contributed by atoms with van der Waals surface area (Å²) < 4.78 is 1.82. The van der Waals surface area contributed by atoms with Gasteiger partial charge in [0.2, 0.25) is 0 Å². The summed E-state index contributed by atoms with van der Waals surface area (Å²) in [6.07, 6.45) is 1.81. The first-order valence-electron chi connectivity index (χ1n) is 5.42. The van der Waals surface area contributed by atoms with Gasteiger partial charge < -0.3 is 5.73 Å². The van der Waals surface area contributed by atoms with Gasteiger partial charge >= 0.3 is 0 Å². The van der Waals surface area contributed by atoms with Crippen LogP contribution in [0.2, 0.25) is 0 Å². The molecule has 2 aromatic heterocycles. The van der Waals surface area contributed by atoms with Gasteiger partial charge in [0.25, 0.3) is 0 Å². The second kappa shape index (κ2) is 3.59. The van der Waals surface area contributed by atoms with E-state index in [1.807, 2.05) is 47.8 Å². The largest absolute Gasteiger partial charge is 0.398 e. The number of fused-ring (bicyclic) bond motifs is 1. The molecule has 4 heteroatoms. The van der Waals surface area contributed by atoms with Crippen molar-refractivity contribution in [3.8, 4) is 11.3 Å². The van der Waals surface area contributed by atoms with Gasteiger partial charge in [0.1, 0.15) is 0 Å². The Morgan fingerprint density at radius 2 is 1.94 bits per heavy atom. The van der Waals surface area contributed by atoms with Crippen molar-refractivity contribution >= 4 is 11.3 Å². The number of nitrogens with zero attached hydrogens (tertiary/aromatic N) is 3. The maximum absolute atomic E-state index is 5.95. The molecule has 0 saturated heterocycles. The number of nitrogens with two attached hydrogens (primary N) is 1. The Labute approximate surface area is 98.7 Å². The van der Waals surface area contributed by atoms with Crippen molar-refractivity contribution in [3.05, 3.63) is 48.3 Å². The molecule has 0 fully saturated rings. The van der Waals surface area contributed by atoms with E-state index in [4.69, 9.17) is 5.73 Å². The molecule has 17 heavy (non-hydrogen) atoms. The van der Waals surface area contributed by atoms with Crippen LogP contribution in [-0.2, 0) is 0 Å². The summed E-state index contributed by atoms with van der Waals surface area (Å²) in [5.41, 5.74) is 10.3. The van der Waals surface area contributed by atoms with E-state index >= 15 is 0 Å². The Kier molecular flexibility index (Phi) is 2.08. The molecule has 0 aliphatic heterocycles. The molecule has 0 atom stereocenters. The topological polar surface area (TPSA) is 56.2 Å². The first-order valence-corrected chi connectivity index (χ1v) is 5.42. The molecular formula is C13H12N4. The van der Waals surface area contributed by atoms with Crippen molar-refractivity contribution in [2.24, 2.45) is 0 Å². The van der Waals surface area contributed by atoms with Crippen LogP contribution in [0.3, 0.4) is 0 Å². The maximum atomic E-state index is 5.95. The summed E-state index contributed by atoms with van der Waals surface area (Å²) >= 11 is 0. The van der Waals surface area contributed by atoms with Crippen molar-refractivity contribution in [3.63, 3.8) is 0 Å². The second-order valence-corrected chi connectivity index (χ2v) is 3.98. The van der Waals surface area contributed by atoms with Crippen molar-refractivity contribution in [2.45, 2.75) is 6.92 Å². The van der Waals surface area contributed by atoms with Crippen molar-refractivity contribution in [2.75, 3.05) is 5.73 Å². The Morgan fingerprint density at radius 1 is 1.12 bits per heavy atom. The molecule has 0 spiro atoms. The fraction of sp³-hybridized carbons (Fsp3) is 0.0769. The molecule has 0 aliphatic carbocycles. The van der Waals surface area contributed by atoms with Crippen LogP contribution in [0.25, 0.3) is 16.9 Å². The van der Waals surface area contributed by atoms with Crippen molar-refractivity contribution < 1.29 is 0 Å². The van der Waals surface area contributed by atoms with E-state index in [1.165, 1.54) is 0 Å². The maximum Gasteiger partial charge on any atom is 0.153 e. The summed E-state index contributed by atoms with van der Waals surface area (Å²) in [4.78, 5) is 4.24. The molecule has 0 radical (unpaired) electrons. The summed E-state index contributed by atoms with van der Waals surface area (Å²) in [6, 6.07) is 11.6. The fourth-order valence-corrected chi connectivity index (χ4v) is 1.86. The van der Waals surface area contributed by atoms with E-state index in [2.05, 4.69) is 10.1 Å². The van der Waals surface area contributed by atoms with E-state index in [0.717, 1.165) is 28.3 Å². The number of hydrogen-bond acceptors (Lipinski definition) is 3. The zero-order valence-electron chi connectivity index (χ0n) is 9.46. The van der Waals surface area contributed by atoms with Crippen LogP contribution in [0.1, 0.15) is 5.69 Å². The van der Waals surface area contributed by atoms with Gasteiger partial charge in [-0.2, -0.15) is 5.10 Å². The van der Waals surface area contributed by atoms with Gasteiger partial charge in [-0.25, -0.2) is 9.50 Å². The van der Waals surface area contributed by atoms with Gasteiger partial charge in [-0.05, 0) is 25.1 Å². The van der Waals surface area contributed by atoms with Gasteiger partial charge in [-0.1, -0.05) is 18.2 Å². The number of imidazole rings is 1. The highest BCUT2D eigenvalue weighted by Gasteiger charge is 2.06. The number of anilines is 1. The molecule has 3 aromatic rings. The van der Waals surface area contributed by atoms with Crippen LogP contribution in [0.5, 0.6) is 0 Å². The average molecular weight is 224 g/mol. The summed E-state index contributed by atoms with van der Waals surface area (Å²) in [5.74, 6) is 0. The zero-order chi connectivity index (χ0) is 11.8. The minimum Gasteiger partial charge on any atom is -0.398 e. The monoisotopic (exact) mass is 224 g/mol. The van der Waals surface area contributed by atoms with Gasteiger partial charge in [0, 0.05) is 11.3 Å². The Hall–Kier alpha value is -2.36. The third kappa shape index (κ3) is 1.54. The van der Waals surface area contributed by atoms with E-state index in [-0.39, 0.29) is 0 Å². The lowest BCUT2D eigenvalue weighted by atomic mass is 10.1. The zero-order valence-corrected chi connectivity index (χ0v) is 9.46. The standard InChI is InChI=1S/C13H12N4/c1-9-8-15-13-7-6-12(16-17(9)13)10-4-2-3-5-11(10)14/h2-8H,14H2,1H3. The molecule has 3 rings (SSSR count). The molecule has 0 saturated carbocycles. The normalized spacial score (nSPS) is 10.9. The third-order valence-corrected chi connectivity index (χ3v) is 2.77. The van der Waals surface area contributed by atoms with Crippen LogP contribution < -0.4 is 5.73 Å². The van der Waals surface area contributed by atoms with Crippen LogP contribution in [0.4, 0.5) is 5.69 Å². The van der Waals surface area contributed by atoms with E-state index < -0.39 is 0 Å². The van der Waals surface area contributed by atoms with Crippen LogP contribution in [-0.4, -0.2) is 14.6 Å². The van der Waals surface area contributed by atoms with Crippen LogP contribution in [0, 0.1) is 6.92 Å². The molecule has 0 bridgehead atoms. The molecule has 0 unspecified atom stereocenters. The molecule has 0 aliphatic rings. The Balaban J connectivity index is 2.24. The van der Waals surface area contributed by atoms with Crippen molar-refractivity contribution in [1.29, 1.82) is 0 Å². The lowest BCUT2D eigenvalue weighted by Crippen LogP contribution is -1.98. The third-order valence-electron chi connectivity index (χ3n) is 2.77. The van der Waals surface area contributed by atoms with E-state index in [1.54, 1.807) is 6.20 Å². The number of para-hydroxylation sites is 1. The molecule has 1 aromatic carbocycles. The first-order chi connectivity index (χ1) is 8.25. The minimum atomic E-state index is 0.733. The predicted octanol–water partition coefficient (Wildman–Crippen LogP) is 2.29. The molecule has 0 amide bonds. The average Bonchev–Trinajstić information content (AvgIpc) is 2.71. The van der Waals surface area contributed by atoms with Gasteiger partial charge in [-0.15, -0.1) is 0 Å². The number of aromatic nitrogens is 3. The Bertz CT molecular complexity index is 685. The molecule has 84 valence electrons. The van der Waals surface area contributed by atoms with Gasteiger partial charge in [0.05, 0.1) is 17.6 Å². The molecule has 4 nitrogen and oxygen atoms in total. The molecular weight excluding hydrogens is 212 g/mol. The van der Waals surface area contributed by atoms with E-state index in [9.17, 15) is 0 Å². The van der Waals surface area contributed by atoms with Crippen LogP contribution >= 0.6 is 0 Å². The highest BCUT2D eigenvalue weighted by molar-refractivity contribution is 5.73. The second-order valence-electron chi connectivity index (χ2n) is 3.98. The smallest absolute Gasteiger partial charge is 0.153 e. The summed E-state index contributed by atoms with van der Waals surface area (Å²) in [5, 5.41) is 4.54. The number of benzene rings is 1. The minimum absolute atomic E-state index is 0.733. The number of aryl methyl sites for hydroxylation is 1. The highest BCUT2D eigenvalue weighted by Crippen LogP contribution is 2.23. The molecule has 2 N–H and O–H groups in total. The number of rotatable bonds is 1. The lowest BCUT2D eigenvalue weighted by Gasteiger charge is -2.05. The molecule has 2 heterocycles. The SMILES string of the molecule is Cc1cnc2ccc(-c3ccccc3N)nn12. The van der Waals surface area contributed by atoms with Crippen molar-refractivity contribution in [1.82, 2.24) is 14.6 Å².